The minimum Gasteiger partial charge on any atom is -0.390 e. The third kappa shape index (κ3) is 4.89. The molecule has 0 spiro atoms. The molecule has 20 heavy (non-hydrogen) atoms. The Hall–Kier alpha value is -0.900. The standard InChI is InChI=1S/C17H28N2O/c1-2-8-17(15-9-4-3-5-10-15)18-13-16(20)14-19-11-6-7-12-19/h3-5,9-10,16-18,20H,2,6-8,11-14H2,1H3. The SMILES string of the molecule is CCCC(NCC(O)CN1CCCC1)c1ccccc1. The third-order valence-corrected chi connectivity index (χ3v) is 4.05. The zero-order valence-corrected chi connectivity index (χ0v) is 12.6. The Balaban J connectivity index is 1.79. The topological polar surface area (TPSA) is 35.5 Å². The predicted molar refractivity (Wildman–Crippen MR) is 83.8 cm³/mol. The second-order valence-electron chi connectivity index (χ2n) is 5.82. The van der Waals surface area contributed by atoms with E-state index in [1.54, 1.807) is 0 Å². The van der Waals surface area contributed by atoms with E-state index in [4.69, 9.17) is 0 Å². The van der Waals surface area contributed by atoms with Gasteiger partial charge in [-0.1, -0.05) is 43.7 Å². The molecule has 3 heteroatoms. The van der Waals surface area contributed by atoms with Crippen molar-refractivity contribution in [1.82, 2.24) is 10.2 Å². The molecule has 2 rings (SSSR count). The molecule has 2 unspecified atom stereocenters. The van der Waals surface area contributed by atoms with Crippen LogP contribution in [0.15, 0.2) is 30.3 Å². The van der Waals surface area contributed by atoms with Gasteiger partial charge in [-0.3, -0.25) is 0 Å². The fourth-order valence-corrected chi connectivity index (χ4v) is 2.97. The Morgan fingerprint density at radius 3 is 2.55 bits per heavy atom. The number of likely N-dealkylation sites (tertiary alicyclic amines) is 1. The van der Waals surface area contributed by atoms with Gasteiger partial charge in [-0.25, -0.2) is 0 Å². The third-order valence-electron chi connectivity index (χ3n) is 4.05. The van der Waals surface area contributed by atoms with Crippen molar-refractivity contribution in [1.29, 1.82) is 0 Å². The fourth-order valence-electron chi connectivity index (χ4n) is 2.97. The summed E-state index contributed by atoms with van der Waals surface area (Å²) >= 11 is 0. The lowest BCUT2D eigenvalue weighted by Gasteiger charge is -2.23. The van der Waals surface area contributed by atoms with Crippen LogP contribution in [0.1, 0.15) is 44.2 Å². The predicted octanol–water partition coefficient (Wildman–Crippen LogP) is 2.57. The molecule has 112 valence electrons. The van der Waals surface area contributed by atoms with Gasteiger partial charge in [0.1, 0.15) is 0 Å². The lowest BCUT2D eigenvalue weighted by Crippen LogP contribution is -2.38. The number of hydrogen-bond donors (Lipinski definition) is 2. The van der Waals surface area contributed by atoms with Crippen molar-refractivity contribution in [3.63, 3.8) is 0 Å². The number of aliphatic hydroxyl groups is 1. The van der Waals surface area contributed by atoms with Gasteiger partial charge in [0.25, 0.3) is 0 Å². The molecule has 1 fully saturated rings. The van der Waals surface area contributed by atoms with Crippen LogP contribution in [0.5, 0.6) is 0 Å². The van der Waals surface area contributed by atoms with Crippen LogP contribution < -0.4 is 5.32 Å². The number of hydrogen-bond acceptors (Lipinski definition) is 3. The zero-order chi connectivity index (χ0) is 14.2. The Kier molecular flexibility index (Phi) is 6.51. The molecular weight excluding hydrogens is 248 g/mol. The van der Waals surface area contributed by atoms with E-state index in [0.717, 1.165) is 32.5 Å². The van der Waals surface area contributed by atoms with Crippen molar-refractivity contribution in [3.05, 3.63) is 35.9 Å². The summed E-state index contributed by atoms with van der Waals surface area (Å²) in [6, 6.07) is 10.9. The van der Waals surface area contributed by atoms with Crippen LogP contribution in [0.25, 0.3) is 0 Å². The first-order chi connectivity index (χ1) is 9.79. The second kappa shape index (κ2) is 8.40. The number of nitrogens with one attached hydrogen (secondary N) is 1. The maximum Gasteiger partial charge on any atom is 0.0791 e. The van der Waals surface area contributed by atoms with E-state index in [-0.39, 0.29) is 6.10 Å². The van der Waals surface area contributed by atoms with Gasteiger partial charge in [0.2, 0.25) is 0 Å². The highest BCUT2D eigenvalue weighted by atomic mass is 16.3. The van der Waals surface area contributed by atoms with Gasteiger partial charge in [-0.2, -0.15) is 0 Å². The molecule has 1 aliphatic heterocycles. The van der Waals surface area contributed by atoms with Crippen LogP contribution in [0.2, 0.25) is 0 Å². The zero-order valence-electron chi connectivity index (χ0n) is 12.6. The lowest BCUT2D eigenvalue weighted by molar-refractivity contribution is 0.120. The average Bonchev–Trinajstić information content (AvgIpc) is 2.97. The highest BCUT2D eigenvalue weighted by Gasteiger charge is 2.17. The van der Waals surface area contributed by atoms with Gasteiger partial charge >= 0.3 is 0 Å². The van der Waals surface area contributed by atoms with E-state index < -0.39 is 0 Å². The Labute approximate surface area is 123 Å². The minimum atomic E-state index is -0.267. The summed E-state index contributed by atoms with van der Waals surface area (Å²) in [5.41, 5.74) is 1.32. The summed E-state index contributed by atoms with van der Waals surface area (Å²) in [7, 11) is 0. The maximum atomic E-state index is 10.2. The average molecular weight is 276 g/mol. The van der Waals surface area contributed by atoms with E-state index in [0.29, 0.717) is 12.6 Å². The van der Waals surface area contributed by atoms with Crippen molar-refractivity contribution < 1.29 is 5.11 Å². The molecule has 2 atom stereocenters. The Bertz CT molecular complexity index is 363. The van der Waals surface area contributed by atoms with Crippen LogP contribution in [-0.2, 0) is 0 Å². The first kappa shape index (κ1) is 15.5. The smallest absolute Gasteiger partial charge is 0.0791 e. The summed E-state index contributed by atoms with van der Waals surface area (Å²) in [4.78, 5) is 2.36. The molecule has 1 aliphatic rings. The molecule has 1 aromatic carbocycles. The molecule has 0 radical (unpaired) electrons. The first-order valence-corrected chi connectivity index (χ1v) is 7.98. The number of β-amino-alcohol motifs (C(OH)–C–C–N with tert-alkyl or cyclic N) is 1. The van der Waals surface area contributed by atoms with Gasteiger partial charge in [0.05, 0.1) is 6.10 Å². The molecule has 3 nitrogen and oxygen atoms in total. The molecule has 0 aliphatic carbocycles. The Morgan fingerprint density at radius 1 is 1.20 bits per heavy atom. The van der Waals surface area contributed by atoms with Crippen LogP contribution in [0.3, 0.4) is 0 Å². The van der Waals surface area contributed by atoms with E-state index in [9.17, 15) is 5.11 Å². The van der Waals surface area contributed by atoms with Gasteiger partial charge in [0, 0.05) is 19.1 Å². The monoisotopic (exact) mass is 276 g/mol. The molecule has 0 bridgehead atoms. The van der Waals surface area contributed by atoms with Gasteiger partial charge in [-0.15, -0.1) is 0 Å². The van der Waals surface area contributed by atoms with Gasteiger partial charge in [0.15, 0.2) is 0 Å². The normalized spacial score (nSPS) is 19.1. The summed E-state index contributed by atoms with van der Waals surface area (Å²) < 4.78 is 0. The van der Waals surface area contributed by atoms with E-state index in [1.165, 1.54) is 18.4 Å². The minimum absolute atomic E-state index is 0.267. The fraction of sp³-hybridized carbons (Fsp3) is 0.647. The van der Waals surface area contributed by atoms with Crippen LogP contribution in [0.4, 0.5) is 0 Å². The van der Waals surface area contributed by atoms with Crippen molar-refractivity contribution in [2.24, 2.45) is 0 Å². The van der Waals surface area contributed by atoms with Crippen LogP contribution in [-0.4, -0.2) is 42.3 Å². The maximum absolute atomic E-state index is 10.2. The summed E-state index contributed by atoms with van der Waals surface area (Å²) in [5, 5.41) is 13.7. The summed E-state index contributed by atoms with van der Waals surface area (Å²) in [6.45, 7) is 5.98. The van der Waals surface area contributed by atoms with Crippen molar-refractivity contribution >= 4 is 0 Å². The highest BCUT2D eigenvalue weighted by molar-refractivity contribution is 5.18. The molecule has 1 aromatic rings. The van der Waals surface area contributed by atoms with Gasteiger partial charge in [-0.05, 0) is 37.9 Å². The quantitative estimate of drug-likeness (QED) is 0.766. The molecule has 2 N–H and O–H groups in total. The van der Waals surface area contributed by atoms with E-state index in [1.807, 2.05) is 0 Å². The van der Waals surface area contributed by atoms with E-state index in [2.05, 4.69) is 47.5 Å². The van der Waals surface area contributed by atoms with Crippen molar-refractivity contribution in [3.8, 4) is 0 Å². The number of nitrogens with zero attached hydrogens (tertiary/aromatic N) is 1. The summed E-state index contributed by atoms with van der Waals surface area (Å²) in [6.07, 6.45) is 4.55. The molecule has 0 aromatic heterocycles. The van der Waals surface area contributed by atoms with E-state index >= 15 is 0 Å². The first-order valence-electron chi connectivity index (χ1n) is 7.98. The molecular formula is C17H28N2O. The molecule has 1 saturated heterocycles. The highest BCUT2D eigenvalue weighted by Crippen LogP contribution is 2.18. The molecule has 0 saturated carbocycles. The second-order valence-corrected chi connectivity index (χ2v) is 5.82. The van der Waals surface area contributed by atoms with Crippen molar-refractivity contribution in [2.75, 3.05) is 26.2 Å². The van der Waals surface area contributed by atoms with Crippen LogP contribution in [0, 0.1) is 0 Å². The lowest BCUT2D eigenvalue weighted by atomic mass is 10.0. The molecule has 1 heterocycles. The van der Waals surface area contributed by atoms with Gasteiger partial charge < -0.3 is 15.3 Å². The molecule has 0 amide bonds. The largest absolute Gasteiger partial charge is 0.390 e. The van der Waals surface area contributed by atoms with Crippen LogP contribution >= 0.6 is 0 Å². The summed E-state index contributed by atoms with van der Waals surface area (Å²) in [5.74, 6) is 0. The number of benzene rings is 1. The number of aliphatic hydroxyl groups excluding tert-OH is 1. The van der Waals surface area contributed by atoms with Crippen molar-refractivity contribution in [2.45, 2.75) is 44.8 Å². The Morgan fingerprint density at radius 2 is 1.90 bits per heavy atom. The number of rotatable bonds is 8.